The zero-order chi connectivity index (χ0) is 9.31. The van der Waals surface area contributed by atoms with Crippen molar-refractivity contribution < 1.29 is 9.47 Å². The predicted molar refractivity (Wildman–Crippen MR) is 51.2 cm³/mol. The Hall–Kier alpha value is -1.02. The van der Waals surface area contributed by atoms with E-state index >= 15 is 0 Å². The molecule has 0 spiro atoms. The molecule has 1 saturated heterocycles. The lowest BCUT2D eigenvalue weighted by Gasteiger charge is -2.38. The molecule has 0 aromatic heterocycles. The molecule has 1 aliphatic heterocycles. The van der Waals surface area contributed by atoms with E-state index in [0.29, 0.717) is 0 Å². The summed E-state index contributed by atoms with van der Waals surface area (Å²) in [5.74, 6) is 0.910. The molecular formula is C11H14O2. The quantitative estimate of drug-likeness (QED) is 0.689. The molecule has 0 saturated carbocycles. The number of ether oxygens (including phenoxy) is 2. The fourth-order valence-corrected chi connectivity index (χ4v) is 1.57. The molecule has 2 heteroatoms. The molecule has 0 atom stereocenters. The second kappa shape index (κ2) is 3.04. The van der Waals surface area contributed by atoms with Crippen LogP contribution in [-0.2, 0) is 10.2 Å². The van der Waals surface area contributed by atoms with Gasteiger partial charge in [-0.3, -0.25) is 0 Å². The van der Waals surface area contributed by atoms with Crippen LogP contribution in [0.5, 0.6) is 5.75 Å². The molecule has 0 N–H and O–H groups in total. The second-order valence-electron chi connectivity index (χ2n) is 3.78. The van der Waals surface area contributed by atoms with Gasteiger partial charge in [0.1, 0.15) is 5.75 Å². The maximum atomic E-state index is 5.22. The molecular weight excluding hydrogens is 164 g/mol. The smallest absolute Gasteiger partial charge is 0.118 e. The zero-order valence-electron chi connectivity index (χ0n) is 8.04. The number of benzene rings is 1. The van der Waals surface area contributed by atoms with E-state index in [4.69, 9.17) is 9.47 Å². The average Bonchev–Trinajstić information content (AvgIpc) is 2.14. The molecule has 1 heterocycles. The highest BCUT2D eigenvalue weighted by molar-refractivity contribution is 5.33. The van der Waals surface area contributed by atoms with E-state index in [-0.39, 0.29) is 5.41 Å². The van der Waals surface area contributed by atoms with Crippen LogP contribution in [0.1, 0.15) is 12.5 Å². The zero-order valence-corrected chi connectivity index (χ0v) is 8.04. The van der Waals surface area contributed by atoms with Crippen LogP contribution in [0.25, 0.3) is 0 Å². The van der Waals surface area contributed by atoms with Gasteiger partial charge in [0.15, 0.2) is 0 Å². The fraction of sp³-hybridized carbons (Fsp3) is 0.455. The Kier molecular flexibility index (Phi) is 2.00. The van der Waals surface area contributed by atoms with Crippen molar-refractivity contribution in [2.24, 2.45) is 0 Å². The summed E-state index contributed by atoms with van der Waals surface area (Å²) >= 11 is 0. The second-order valence-corrected chi connectivity index (χ2v) is 3.78. The van der Waals surface area contributed by atoms with Gasteiger partial charge in [-0.25, -0.2) is 0 Å². The number of hydrogen-bond donors (Lipinski definition) is 0. The van der Waals surface area contributed by atoms with Crippen LogP contribution in [0, 0.1) is 0 Å². The Bertz CT molecular complexity index is 285. The third-order valence-electron chi connectivity index (χ3n) is 2.63. The van der Waals surface area contributed by atoms with Gasteiger partial charge in [0, 0.05) is 5.41 Å². The van der Waals surface area contributed by atoms with E-state index in [9.17, 15) is 0 Å². The molecule has 1 aliphatic rings. The first-order valence-corrected chi connectivity index (χ1v) is 4.47. The maximum absolute atomic E-state index is 5.22. The normalized spacial score (nSPS) is 19.2. The summed E-state index contributed by atoms with van der Waals surface area (Å²) in [6.45, 7) is 3.89. The lowest BCUT2D eigenvalue weighted by molar-refractivity contribution is -0.0500. The van der Waals surface area contributed by atoms with Gasteiger partial charge in [-0.15, -0.1) is 0 Å². The van der Waals surface area contributed by atoms with Crippen LogP contribution in [0.2, 0.25) is 0 Å². The Morgan fingerprint density at radius 3 is 2.23 bits per heavy atom. The van der Waals surface area contributed by atoms with Gasteiger partial charge >= 0.3 is 0 Å². The Labute approximate surface area is 78.5 Å². The highest BCUT2D eigenvalue weighted by Gasteiger charge is 2.34. The number of rotatable bonds is 2. The minimum Gasteiger partial charge on any atom is -0.497 e. The van der Waals surface area contributed by atoms with Gasteiger partial charge in [-0.1, -0.05) is 19.1 Å². The molecule has 0 aliphatic carbocycles. The van der Waals surface area contributed by atoms with Crippen LogP contribution in [0.4, 0.5) is 0 Å². The lowest BCUT2D eigenvalue weighted by atomic mass is 9.81. The van der Waals surface area contributed by atoms with Crippen molar-refractivity contribution in [3.05, 3.63) is 29.8 Å². The molecule has 0 bridgehead atoms. The third kappa shape index (κ3) is 1.42. The Morgan fingerprint density at radius 2 is 1.85 bits per heavy atom. The molecule has 1 aromatic carbocycles. The van der Waals surface area contributed by atoms with E-state index in [1.807, 2.05) is 12.1 Å². The van der Waals surface area contributed by atoms with Crippen LogP contribution in [0.15, 0.2) is 24.3 Å². The van der Waals surface area contributed by atoms with Gasteiger partial charge in [0.05, 0.1) is 20.3 Å². The monoisotopic (exact) mass is 178 g/mol. The predicted octanol–water partition coefficient (Wildman–Crippen LogP) is 1.98. The van der Waals surface area contributed by atoms with Gasteiger partial charge in [-0.05, 0) is 17.7 Å². The van der Waals surface area contributed by atoms with Crippen molar-refractivity contribution in [2.45, 2.75) is 12.3 Å². The fourth-order valence-electron chi connectivity index (χ4n) is 1.57. The first-order valence-electron chi connectivity index (χ1n) is 4.47. The molecule has 1 fully saturated rings. The van der Waals surface area contributed by atoms with E-state index in [0.717, 1.165) is 19.0 Å². The van der Waals surface area contributed by atoms with Crippen molar-refractivity contribution in [3.8, 4) is 5.75 Å². The lowest BCUT2D eigenvalue weighted by Crippen LogP contribution is -2.43. The van der Waals surface area contributed by atoms with Crippen LogP contribution >= 0.6 is 0 Å². The van der Waals surface area contributed by atoms with Gasteiger partial charge in [0.2, 0.25) is 0 Å². The molecule has 2 rings (SSSR count). The Balaban J connectivity index is 2.22. The highest BCUT2D eigenvalue weighted by atomic mass is 16.5. The summed E-state index contributed by atoms with van der Waals surface area (Å²) in [6, 6.07) is 8.22. The van der Waals surface area contributed by atoms with Crippen LogP contribution in [0.3, 0.4) is 0 Å². The topological polar surface area (TPSA) is 18.5 Å². The molecule has 1 aromatic rings. The average molecular weight is 178 g/mol. The van der Waals surface area contributed by atoms with Crippen molar-refractivity contribution in [1.82, 2.24) is 0 Å². The van der Waals surface area contributed by atoms with E-state index < -0.39 is 0 Å². The van der Waals surface area contributed by atoms with Crippen molar-refractivity contribution >= 4 is 0 Å². The van der Waals surface area contributed by atoms with Crippen LogP contribution in [-0.4, -0.2) is 20.3 Å². The number of hydrogen-bond acceptors (Lipinski definition) is 2. The molecule has 0 radical (unpaired) electrons. The summed E-state index contributed by atoms with van der Waals surface area (Å²) in [5, 5.41) is 0. The summed E-state index contributed by atoms with van der Waals surface area (Å²) in [6.07, 6.45) is 0. The van der Waals surface area contributed by atoms with E-state index in [2.05, 4.69) is 19.1 Å². The van der Waals surface area contributed by atoms with Crippen LogP contribution < -0.4 is 4.74 Å². The molecule has 70 valence electrons. The summed E-state index contributed by atoms with van der Waals surface area (Å²) in [4.78, 5) is 0. The third-order valence-corrected chi connectivity index (χ3v) is 2.63. The molecule has 2 nitrogen and oxygen atoms in total. The molecule has 13 heavy (non-hydrogen) atoms. The SMILES string of the molecule is COc1ccc(C2(C)COC2)cc1. The van der Waals surface area contributed by atoms with Gasteiger partial charge < -0.3 is 9.47 Å². The Morgan fingerprint density at radius 1 is 1.23 bits per heavy atom. The van der Waals surface area contributed by atoms with E-state index in [1.165, 1.54) is 5.56 Å². The van der Waals surface area contributed by atoms with Crippen molar-refractivity contribution in [1.29, 1.82) is 0 Å². The van der Waals surface area contributed by atoms with Gasteiger partial charge in [-0.2, -0.15) is 0 Å². The first-order chi connectivity index (χ1) is 6.24. The van der Waals surface area contributed by atoms with E-state index in [1.54, 1.807) is 7.11 Å². The van der Waals surface area contributed by atoms with Crippen molar-refractivity contribution in [3.63, 3.8) is 0 Å². The summed E-state index contributed by atoms with van der Waals surface area (Å²) in [7, 11) is 1.68. The molecule has 0 unspecified atom stereocenters. The maximum Gasteiger partial charge on any atom is 0.118 e. The van der Waals surface area contributed by atoms with Crippen molar-refractivity contribution in [2.75, 3.05) is 20.3 Å². The standard InChI is InChI=1S/C11H14O2/c1-11(7-13-8-11)9-3-5-10(12-2)6-4-9/h3-6H,7-8H2,1-2H3. The molecule has 0 amide bonds. The number of methoxy groups -OCH3 is 1. The summed E-state index contributed by atoms with van der Waals surface area (Å²) in [5.41, 5.74) is 1.56. The first kappa shape index (κ1) is 8.57. The van der Waals surface area contributed by atoms with Gasteiger partial charge in [0.25, 0.3) is 0 Å². The minimum absolute atomic E-state index is 0.228. The summed E-state index contributed by atoms with van der Waals surface area (Å²) < 4.78 is 10.3. The highest BCUT2D eigenvalue weighted by Crippen LogP contribution is 2.32. The largest absolute Gasteiger partial charge is 0.497 e. The minimum atomic E-state index is 0.228.